The Morgan fingerprint density at radius 2 is 1.77 bits per heavy atom. The van der Waals surface area contributed by atoms with Crippen LogP contribution in [0.3, 0.4) is 0 Å². The lowest BCUT2D eigenvalue weighted by Gasteiger charge is -2.26. The summed E-state index contributed by atoms with van der Waals surface area (Å²) in [5.74, 6) is -0.401. The van der Waals surface area contributed by atoms with Gasteiger partial charge in [-0.1, -0.05) is 17.4 Å². The van der Waals surface area contributed by atoms with Crippen molar-refractivity contribution >= 4 is 37.5 Å². The SMILES string of the molecule is Cc1cc(C)c2sc(=NC(=O)c3ccc(S(=O)(=O)N4CCOCC4)cc3)n(C)c2c1. The molecule has 0 N–H and O–H groups in total. The molecular formula is C21H23N3O4S2. The van der Waals surface area contributed by atoms with E-state index in [0.717, 1.165) is 21.3 Å². The van der Waals surface area contributed by atoms with Gasteiger partial charge in [-0.15, -0.1) is 0 Å². The molecule has 0 unspecified atom stereocenters. The van der Waals surface area contributed by atoms with Crippen LogP contribution < -0.4 is 4.80 Å². The average molecular weight is 446 g/mol. The molecule has 0 radical (unpaired) electrons. The second-order valence-electron chi connectivity index (χ2n) is 7.33. The fourth-order valence-electron chi connectivity index (χ4n) is 3.53. The van der Waals surface area contributed by atoms with Crippen LogP contribution >= 0.6 is 11.3 Å². The lowest BCUT2D eigenvalue weighted by Crippen LogP contribution is -2.40. The fourth-order valence-corrected chi connectivity index (χ4v) is 6.01. The summed E-state index contributed by atoms with van der Waals surface area (Å²) in [5.41, 5.74) is 3.69. The van der Waals surface area contributed by atoms with Crippen molar-refractivity contribution in [2.45, 2.75) is 18.7 Å². The predicted octanol–water partition coefficient (Wildman–Crippen LogP) is 2.62. The zero-order valence-corrected chi connectivity index (χ0v) is 18.7. The molecule has 1 aromatic heterocycles. The van der Waals surface area contributed by atoms with E-state index in [1.807, 2.05) is 25.5 Å². The van der Waals surface area contributed by atoms with E-state index in [1.165, 1.54) is 39.9 Å². The van der Waals surface area contributed by atoms with Crippen molar-refractivity contribution in [1.29, 1.82) is 0 Å². The lowest BCUT2D eigenvalue weighted by molar-refractivity contribution is 0.0730. The van der Waals surface area contributed by atoms with Gasteiger partial charge in [-0.2, -0.15) is 9.30 Å². The number of thiazole rings is 1. The monoisotopic (exact) mass is 445 g/mol. The van der Waals surface area contributed by atoms with Crippen molar-refractivity contribution in [3.8, 4) is 0 Å². The Morgan fingerprint density at radius 1 is 1.10 bits per heavy atom. The first-order valence-electron chi connectivity index (χ1n) is 9.61. The Kier molecular flexibility index (Phi) is 5.63. The van der Waals surface area contributed by atoms with E-state index < -0.39 is 15.9 Å². The second kappa shape index (κ2) is 8.07. The molecule has 1 saturated heterocycles. The smallest absolute Gasteiger partial charge is 0.279 e. The van der Waals surface area contributed by atoms with E-state index in [2.05, 4.69) is 17.1 Å². The largest absolute Gasteiger partial charge is 0.379 e. The lowest BCUT2D eigenvalue weighted by atomic mass is 10.1. The predicted molar refractivity (Wildman–Crippen MR) is 116 cm³/mol. The normalized spacial score (nSPS) is 16.3. The molecule has 1 amide bonds. The summed E-state index contributed by atoms with van der Waals surface area (Å²) in [7, 11) is -1.70. The highest BCUT2D eigenvalue weighted by Gasteiger charge is 2.26. The van der Waals surface area contributed by atoms with Crippen molar-refractivity contribution < 1.29 is 17.9 Å². The number of morpholine rings is 1. The van der Waals surface area contributed by atoms with Gasteiger partial charge in [0, 0.05) is 25.7 Å². The van der Waals surface area contributed by atoms with Gasteiger partial charge < -0.3 is 9.30 Å². The maximum Gasteiger partial charge on any atom is 0.279 e. The van der Waals surface area contributed by atoms with E-state index in [9.17, 15) is 13.2 Å². The van der Waals surface area contributed by atoms with E-state index in [4.69, 9.17) is 4.74 Å². The van der Waals surface area contributed by atoms with Crippen molar-refractivity contribution in [2.24, 2.45) is 12.0 Å². The average Bonchev–Trinajstić information content (AvgIpc) is 3.05. The van der Waals surface area contributed by atoms with E-state index in [-0.39, 0.29) is 4.90 Å². The van der Waals surface area contributed by atoms with Crippen molar-refractivity contribution in [3.05, 3.63) is 57.9 Å². The summed E-state index contributed by atoms with van der Waals surface area (Å²) in [4.78, 5) is 17.8. The van der Waals surface area contributed by atoms with Crippen LogP contribution in [0.4, 0.5) is 0 Å². The minimum absolute atomic E-state index is 0.166. The first kappa shape index (κ1) is 20.9. The number of carbonyl (C=O) groups excluding carboxylic acids is 1. The molecule has 0 bridgehead atoms. The van der Waals surface area contributed by atoms with Crippen molar-refractivity contribution in [1.82, 2.24) is 8.87 Å². The molecule has 4 rings (SSSR count). The van der Waals surface area contributed by atoms with Crippen LogP contribution in [0.1, 0.15) is 21.5 Å². The summed E-state index contributed by atoms with van der Waals surface area (Å²) >= 11 is 1.47. The van der Waals surface area contributed by atoms with Gasteiger partial charge in [0.2, 0.25) is 10.0 Å². The molecule has 158 valence electrons. The first-order chi connectivity index (χ1) is 14.3. The summed E-state index contributed by atoms with van der Waals surface area (Å²) in [6, 6.07) is 10.1. The van der Waals surface area contributed by atoms with Crippen LogP contribution in [0.25, 0.3) is 10.2 Å². The number of hydrogen-bond acceptors (Lipinski definition) is 5. The molecule has 30 heavy (non-hydrogen) atoms. The third kappa shape index (κ3) is 3.85. The van der Waals surface area contributed by atoms with Gasteiger partial charge >= 0.3 is 0 Å². The number of amides is 1. The highest BCUT2D eigenvalue weighted by molar-refractivity contribution is 7.89. The van der Waals surface area contributed by atoms with E-state index >= 15 is 0 Å². The number of fused-ring (bicyclic) bond motifs is 1. The second-order valence-corrected chi connectivity index (χ2v) is 10.2. The van der Waals surface area contributed by atoms with Gasteiger partial charge in [-0.25, -0.2) is 8.42 Å². The molecule has 1 fully saturated rings. The zero-order valence-electron chi connectivity index (χ0n) is 17.1. The number of ether oxygens (including phenoxy) is 1. The van der Waals surface area contributed by atoms with E-state index in [0.29, 0.717) is 36.7 Å². The summed E-state index contributed by atoms with van der Waals surface area (Å²) < 4.78 is 35.1. The molecule has 1 aliphatic rings. The van der Waals surface area contributed by atoms with Crippen LogP contribution in [-0.2, 0) is 21.8 Å². The molecule has 0 saturated carbocycles. The van der Waals surface area contributed by atoms with Crippen LogP contribution in [-0.4, -0.2) is 49.5 Å². The number of nitrogens with zero attached hydrogens (tertiary/aromatic N) is 3. The van der Waals surface area contributed by atoms with Crippen LogP contribution in [0.5, 0.6) is 0 Å². The number of aromatic nitrogens is 1. The van der Waals surface area contributed by atoms with Gasteiger partial charge in [0.05, 0.1) is 28.3 Å². The molecule has 2 heterocycles. The standard InChI is InChI=1S/C21H23N3O4S2/c1-14-12-15(2)19-18(13-14)23(3)21(29-19)22-20(25)16-4-6-17(7-5-16)30(26,27)24-8-10-28-11-9-24/h4-7,12-13H,8-11H2,1-3H3. The number of carbonyl (C=O) groups is 1. The maximum atomic E-state index is 12.7. The summed E-state index contributed by atoms with van der Waals surface area (Å²) in [5, 5.41) is 0. The Balaban J connectivity index is 1.64. The number of rotatable bonds is 3. The van der Waals surface area contributed by atoms with Crippen molar-refractivity contribution in [3.63, 3.8) is 0 Å². The maximum absolute atomic E-state index is 12.7. The molecule has 9 heteroatoms. The Labute approximate surface area is 179 Å². The Morgan fingerprint density at radius 3 is 2.43 bits per heavy atom. The van der Waals surface area contributed by atoms with Crippen LogP contribution in [0.15, 0.2) is 46.3 Å². The number of benzene rings is 2. The quantitative estimate of drug-likeness (QED) is 0.621. The highest BCUT2D eigenvalue weighted by atomic mass is 32.2. The number of aryl methyl sites for hydroxylation is 3. The van der Waals surface area contributed by atoms with Gasteiger partial charge in [0.15, 0.2) is 4.80 Å². The Hall–Kier alpha value is -2.33. The first-order valence-corrected chi connectivity index (χ1v) is 11.9. The fraction of sp³-hybridized carbons (Fsp3) is 0.333. The highest BCUT2D eigenvalue weighted by Crippen LogP contribution is 2.23. The third-order valence-corrected chi connectivity index (χ3v) is 8.34. The van der Waals surface area contributed by atoms with Crippen LogP contribution in [0.2, 0.25) is 0 Å². The summed E-state index contributed by atoms with van der Waals surface area (Å²) in [6.07, 6.45) is 0. The minimum atomic E-state index is -3.59. The van der Waals surface area contributed by atoms with Gasteiger partial charge in [0.25, 0.3) is 5.91 Å². The van der Waals surface area contributed by atoms with Gasteiger partial charge in [-0.3, -0.25) is 4.79 Å². The number of sulfonamides is 1. The van der Waals surface area contributed by atoms with Gasteiger partial charge in [-0.05, 0) is 55.3 Å². The molecule has 0 atom stereocenters. The molecule has 3 aromatic rings. The van der Waals surface area contributed by atoms with E-state index in [1.54, 1.807) is 0 Å². The molecule has 2 aromatic carbocycles. The molecule has 0 aliphatic carbocycles. The molecular weight excluding hydrogens is 422 g/mol. The molecule has 0 spiro atoms. The topological polar surface area (TPSA) is 81.0 Å². The number of hydrogen-bond donors (Lipinski definition) is 0. The zero-order chi connectivity index (χ0) is 21.5. The van der Waals surface area contributed by atoms with Crippen molar-refractivity contribution in [2.75, 3.05) is 26.3 Å². The minimum Gasteiger partial charge on any atom is -0.379 e. The van der Waals surface area contributed by atoms with Crippen LogP contribution in [0, 0.1) is 13.8 Å². The third-order valence-electron chi connectivity index (χ3n) is 5.15. The summed E-state index contributed by atoms with van der Waals surface area (Å²) in [6.45, 7) is 5.53. The molecule has 7 nitrogen and oxygen atoms in total. The Bertz CT molecular complexity index is 1280. The van der Waals surface area contributed by atoms with Gasteiger partial charge in [0.1, 0.15) is 0 Å². The molecule has 1 aliphatic heterocycles.